The molecule has 0 fully saturated rings. The Morgan fingerprint density at radius 1 is 1.20 bits per heavy atom. The quantitative estimate of drug-likeness (QED) is 0.675. The van der Waals surface area contributed by atoms with Crippen LogP contribution in [0.2, 0.25) is 0 Å². The number of pyridine rings is 2. The fraction of sp³-hybridized carbons (Fsp3) is 0.300. The lowest BCUT2D eigenvalue weighted by atomic mass is 9.98. The number of hydrogen-bond acceptors (Lipinski definition) is 4. The van der Waals surface area contributed by atoms with E-state index >= 15 is 0 Å². The zero-order valence-corrected chi connectivity index (χ0v) is 14.8. The van der Waals surface area contributed by atoms with Crippen LogP contribution in [0.1, 0.15) is 36.7 Å². The van der Waals surface area contributed by atoms with E-state index in [1.54, 1.807) is 19.3 Å². The highest BCUT2D eigenvalue weighted by atomic mass is 16.1. The molecule has 0 radical (unpaired) electrons. The number of aliphatic imine (C=N–C) groups is 1. The molecule has 5 nitrogen and oxygen atoms in total. The van der Waals surface area contributed by atoms with E-state index in [2.05, 4.69) is 26.3 Å². The molecule has 2 aromatic rings. The normalized spacial score (nSPS) is 17.6. The fourth-order valence-electron chi connectivity index (χ4n) is 3.14. The number of aromatic nitrogens is 2. The highest BCUT2D eigenvalue weighted by Gasteiger charge is 2.23. The third-order valence-corrected chi connectivity index (χ3v) is 4.42. The van der Waals surface area contributed by atoms with Crippen molar-refractivity contribution in [2.45, 2.75) is 33.1 Å². The average molecular weight is 334 g/mol. The zero-order valence-electron chi connectivity index (χ0n) is 14.8. The van der Waals surface area contributed by atoms with Crippen molar-refractivity contribution in [2.75, 3.05) is 12.4 Å². The average Bonchev–Trinajstić information content (AvgIpc) is 2.80. The molecular weight excluding hydrogens is 312 g/mol. The van der Waals surface area contributed by atoms with Crippen LogP contribution >= 0.6 is 0 Å². The first-order valence-electron chi connectivity index (χ1n) is 8.46. The molecule has 0 bridgehead atoms. The first-order valence-corrected chi connectivity index (χ1v) is 8.46. The van der Waals surface area contributed by atoms with Gasteiger partial charge in [0.05, 0.1) is 11.4 Å². The Balaban J connectivity index is 1.95. The van der Waals surface area contributed by atoms with Gasteiger partial charge >= 0.3 is 0 Å². The van der Waals surface area contributed by atoms with Crippen molar-refractivity contribution in [3.63, 3.8) is 0 Å². The van der Waals surface area contributed by atoms with Gasteiger partial charge in [0.25, 0.3) is 5.91 Å². The maximum absolute atomic E-state index is 12.7. The number of amides is 1. The van der Waals surface area contributed by atoms with Gasteiger partial charge in [0, 0.05) is 24.5 Å². The summed E-state index contributed by atoms with van der Waals surface area (Å²) in [6, 6.07) is 9.61. The molecule has 0 saturated heterocycles. The molecule has 0 aromatic carbocycles. The number of allylic oxidation sites excluding steroid dienone is 1. The number of carbonyl (C=O) groups is 1. The molecule has 0 atom stereocenters. The van der Waals surface area contributed by atoms with Gasteiger partial charge in [0.15, 0.2) is 0 Å². The number of carbonyl (C=O) groups excluding carboxylic acids is 1. The third kappa shape index (κ3) is 3.65. The predicted octanol–water partition coefficient (Wildman–Crippen LogP) is 3.50. The van der Waals surface area contributed by atoms with Crippen LogP contribution in [-0.4, -0.2) is 28.6 Å². The van der Waals surface area contributed by atoms with Gasteiger partial charge in [0.2, 0.25) is 0 Å². The highest BCUT2D eigenvalue weighted by Crippen LogP contribution is 2.26. The van der Waals surface area contributed by atoms with E-state index in [9.17, 15) is 4.79 Å². The molecule has 1 aliphatic rings. The molecule has 25 heavy (non-hydrogen) atoms. The minimum Gasteiger partial charge on any atom is -0.307 e. The summed E-state index contributed by atoms with van der Waals surface area (Å²) in [7, 11) is 1.76. The van der Waals surface area contributed by atoms with Crippen LogP contribution < -0.4 is 5.32 Å². The second kappa shape index (κ2) is 7.38. The van der Waals surface area contributed by atoms with Crippen LogP contribution in [0.15, 0.2) is 52.7 Å². The summed E-state index contributed by atoms with van der Waals surface area (Å²) in [4.78, 5) is 26.0. The fourth-order valence-corrected chi connectivity index (χ4v) is 3.14. The lowest BCUT2D eigenvalue weighted by Crippen LogP contribution is -2.19. The van der Waals surface area contributed by atoms with Gasteiger partial charge in [0.1, 0.15) is 5.82 Å². The molecule has 0 unspecified atom stereocenters. The Kier molecular flexibility index (Phi) is 5.03. The van der Waals surface area contributed by atoms with E-state index in [0.29, 0.717) is 11.4 Å². The molecule has 3 rings (SSSR count). The van der Waals surface area contributed by atoms with Gasteiger partial charge in [-0.25, -0.2) is 4.98 Å². The minimum absolute atomic E-state index is 0.145. The Hall–Kier alpha value is -2.82. The van der Waals surface area contributed by atoms with Gasteiger partial charge in [-0.05, 0) is 62.4 Å². The number of hydrogen-bond donors (Lipinski definition) is 1. The molecule has 1 N–H and O–H groups in total. The lowest BCUT2D eigenvalue weighted by molar-refractivity contribution is -0.112. The second-order valence-electron chi connectivity index (χ2n) is 6.16. The molecule has 2 aromatic heterocycles. The van der Waals surface area contributed by atoms with Crippen LogP contribution in [0, 0.1) is 6.92 Å². The number of anilines is 1. The summed E-state index contributed by atoms with van der Waals surface area (Å²) in [6.07, 6.45) is 4.50. The molecule has 128 valence electrons. The first kappa shape index (κ1) is 17.0. The summed E-state index contributed by atoms with van der Waals surface area (Å²) >= 11 is 0. The van der Waals surface area contributed by atoms with E-state index in [1.807, 2.05) is 32.0 Å². The number of aryl methyl sites for hydroxylation is 2. The van der Waals surface area contributed by atoms with Crippen LogP contribution in [0.25, 0.3) is 0 Å². The van der Waals surface area contributed by atoms with Crippen molar-refractivity contribution < 1.29 is 4.79 Å². The molecule has 5 heteroatoms. The largest absolute Gasteiger partial charge is 0.307 e. The standard InChI is InChI=1S/C20H22N4O/c1-13-7-4-11-17(23-13)24-20(25)14(2)16-10-5-8-15-9-6-12-22-18(15)19(16)21-3/h4,6-7,9,11-12H,5,8,10H2,1-3H3,(H,23,24,25)/b16-14+,21-19?. The van der Waals surface area contributed by atoms with E-state index < -0.39 is 0 Å². The van der Waals surface area contributed by atoms with Crippen LogP contribution in [-0.2, 0) is 11.2 Å². The second-order valence-corrected chi connectivity index (χ2v) is 6.16. The minimum atomic E-state index is -0.145. The molecule has 1 aliphatic carbocycles. The number of nitrogens with zero attached hydrogens (tertiary/aromatic N) is 3. The van der Waals surface area contributed by atoms with Crippen molar-refractivity contribution >= 4 is 17.4 Å². The first-order chi connectivity index (χ1) is 12.1. The highest BCUT2D eigenvalue weighted by molar-refractivity contribution is 6.18. The van der Waals surface area contributed by atoms with Gasteiger partial charge in [-0.2, -0.15) is 0 Å². The van der Waals surface area contributed by atoms with Crippen molar-refractivity contribution in [1.29, 1.82) is 0 Å². The summed E-state index contributed by atoms with van der Waals surface area (Å²) in [5, 5.41) is 2.89. The van der Waals surface area contributed by atoms with Gasteiger partial charge < -0.3 is 5.32 Å². The van der Waals surface area contributed by atoms with Crippen LogP contribution in [0.4, 0.5) is 5.82 Å². The van der Waals surface area contributed by atoms with E-state index in [-0.39, 0.29) is 5.91 Å². The van der Waals surface area contributed by atoms with Crippen molar-refractivity contribution in [3.8, 4) is 0 Å². The Labute approximate surface area is 147 Å². The van der Waals surface area contributed by atoms with Crippen LogP contribution in [0.5, 0.6) is 0 Å². The molecule has 1 amide bonds. The number of nitrogens with one attached hydrogen (secondary N) is 1. The number of fused-ring (bicyclic) bond motifs is 1. The SMILES string of the molecule is CN=C1/C(=C(\C)C(=O)Nc2cccc(C)n2)CCCc2cccnc21. The zero-order chi connectivity index (χ0) is 17.8. The Morgan fingerprint density at radius 2 is 2.04 bits per heavy atom. The number of rotatable bonds is 2. The molecule has 2 heterocycles. The summed E-state index contributed by atoms with van der Waals surface area (Å²) in [6.45, 7) is 3.75. The smallest absolute Gasteiger partial charge is 0.252 e. The molecule has 0 saturated carbocycles. The molecule has 0 aliphatic heterocycles. The van der Waals surface area contributed by atoms with Crippen LogP contribution in [0.3, 0.4) is 0 Å². The van der Waals surface area contributed by atoms with Crippen molar-refractivity contribution in [3.05, 3.63) is 64.6 Å². The Bertz CT molecular complexity index is 868. The van der Waals surface area contributed by atoms with E-state index in [0.717, 1.165) is 41.9 Å². The monoisotopic (exact) mass is 334 g/mol. The summed E-state index contributed by atoms with van der Waals surface area (Å²) in [5.74, 6) is 0.417. The van der Waals surface area contributed by atoms with E-state index in [4.69, 9.17) is 0 Å². The summed E-state index contributed by atoms with van der Waals surface area (Å²) < 4.78 is 0. The maximum atomic E-state index is 12.7. The summed E-state index contributed by atoms with van der Waals surface area (Å²) in [5.41, 5.74) is 5.39. The van der Waals surface area contributed by atoms with Crippen molar-refractivity contribution in [2.24, 2.45) is 4.99 Å². The lowest BCUT2D eigenvalue weighted by Gasteiger charge is -2.13. The van der Waals surface area contributed by atoms with E-state index in [1.165, 1.54) is 5.56 Å². The predicted molar refractivity (Wildman–Crippen MR) is 99.9 cm³/mol. The maximum Gasteiger partial charge on any atom is 0.252 e. The van der Waals surface area contributed by atoms with Gasteiger partial charge in [-0.3, -0.25) is 14.8 Å². The Morgan fingerprint density at radius 3 is 2.80 bits per heavy atom. The van der Waals surface area contributed by atoms with Gasteiger partial charge in [-0.15, -0.1) is 0 Å². The molecular formula is C20H22N4O. The van der Waals surface area contributed by atoms with Gasteiger partial charge in [-0.1, -0.05) is 12.1 Å². The third-order valence-electron chi connectivity index (χ3n) is 4.42. The van der Waals surface area contributed by atoms with Crippen molar-refractivity contribution in [1.82, 2.24) is 9.97 Å². The topological polar surface area (TPSA) is 67.2 Å². The molecule has 0 spiro atoms.